The van der Waals surface area contributed by atoms with Crippen molar-refractivity contribution >= 4 is 23.7 Å². The van der Waals surface area contributed by atoms with Gasteiger partial charge < -0.3 is 10.1 Å². The molecular weight excluding hydrogens is 390 g/mol. The normalized spacial score (nSPS) is 14.2. The van der Waals surface area contributed by atoms with Crippen LogP contribution in [0.2, 0.25) is 0 Å². The average Bonchev–Trinajstić information content (AvgIpc) is 3.36. The van der Waals surface area contributed by atoms with Gasteiger partial charge in [-0.25, -0.2) is 4.79 Å². The maximum Gasteiger partial charge on any atom is 0.321 e. The molecule has 1 aromatic heterocycles. The number of rotatable bonds is 7. The number of carbonyl (C=O) groups excluding carboxylic acids is 2. The fourth-order valence-electron chi connectivity index (χ4n) is 3.36. The molecule has 156 valence electrons. The first-order valence-corrected chi connectivity index (χ1v) is 10.8. The molecule has 1 heterocycles. The summed E-state index contributed by atoms with van der Waals surface area (Å²) in [5.74, 6) is 1.23. The van der Waals surface area contributed by atoms with Crippen LogP contribution in [0.5, 0.6) is 5.75 Å². The Morgan fingerprint density at radius 1 is 1.21 bits per heavy atom. The SMILES string of the molecule is COc1ccc(-c2nnc(SCC(=O)NC(=O)NC3CCCC3)n2C(C)C)cc1. The summed E-state index contributed by atoms with van der Waals surface area (Å²) in [7, 11) is 1.62. The van der Waals surface area contributed by atoms with Crippen LogP contribution in [0.15, 0.2) is 29.4 Å². The molecule has 2 aromatic rings. The maximum absolute atomic E-state index is 12.2. The zero-order chi connectivity index (χ0) is 20.8. The van der Waals surface area contributed by atoms with Gasteiger partial charge in [-0.3, -0.25) is 14.7 Å². The number of thioether (sulfide) groups is 1. The van der Waals surface area contributed by atoms with Gasteiger partial charge in [0.05, 0.1) is 12.9 Å². The molecule has 0 unspecified atom stereocenters. The Balaban J connectivity index is 1.62. The monoisotopic (exact) mass is 417 g/mol. The van der Waals surface area contributed by atoms with Gasteiger partial charge in [-0.05, 0) is 51.0 Å². The van der Waals surface area contributed by atoms with E-state index in [1.807, 2.05) is 42.7 Å². The number of ether oxygens (including phenoxy) is 1. The predicted molar refractivity (Wildman–Crippen MR) is 112 cm³/mol. The van der Waals surface area contributed by atoms with Crippen molar-refractivity contribution in [3.8, 4) is 17.1 Å². The fraction of sp³-hybridized carbons (Fsp3) is 0.500. The number of aromatic nitrogens is 3. The van der Waals surface area contributed by atoms with E-state index in [4.69, 9.17) is 4.74 Å². The Bertz CT molecular complexity index is 844. The maximum atomic E-state index is 12.2. The average molecular weight is 418 g/mol. The van der Waals surface area contributed by atoms with Crippen LogP contribution in [0.25, 0.3) is 11.4 Å². The molecule has 0 bridgehead atoms. The molecule has 0 aliphatic heterocycles. The molecule has 29 heavy (non-hydrogen) atoms. The lowest BCUT2D eigenvalue weighted by Crippen LogP contribution is -2.44. The zero-order valence-corrected chi connectivity index (χ0v) is 17.8. The molecule has 3 amide bonds. The van der Waals surface area contributed by atoms with E-state index < -0.39 is 6.03 Å². The molecule has 0 saturated heterocycles. The molecule has 9 heteroatoms. The number of carbonyl (C=O) groups is 2. The van der Waals surface area contributed by atoms with Gasteiger partial charge in [0.1, 0.15) is 5.75 Å². The zero-order valence-electron chi connectivity index (χ0n) is 17.0. The molecule has 1 aliphatic rings. The Labute approximate surface area is 174 Å². The van der Waals surface area contributed by atoms with Crippen molar-refractivity contribution in [2.24, 2.45) is 0 Å². The summed E-state index contributed by atoms with van der Waals surface area (Å²) >= 11 is 1.26. The van der Waals surface area contributed by atoms with Crippen molar-refractivity contribution < 1.29 is 14.3 Å². The first-order chi connectivity index (χ1) is 14.0. The van der Waals surface area contributed by atoms with Crippen LogP contribution < -0.4 is 15.4 Å². The highest BCUT2D eigenvalue weighted by atomic mass is 32.2. The Morgan fingerprint density at radius 2 is 1.90 bits per heavy atom. The fourth-order valence-corrected chi connectivity index (χ4v) is 4.23. The van der Waals surface area contributed by atoms with Gasteiger partial charge in [0.2, 0.25) is 5.91 Å². The van der Waals surface area contributed by atoms with Crippen molar-refractivity contribution in [1.82, 2.24) is 25.4 Å². The predicted octanol–water partition coefficient (Wildman–Crippen LogP) is 3.40. The largest absolute Gasteiger partial charge is 0.497 e. The minimum absolute atomic E-state index is 0.0888. The number of nitrogens with zero attached hydrogens (tertiary/aromatic N) is 3. The Hall–Kier alpha value is -2.55. The van der Waals surface area contributed by atoms with E-state index in [2.05, 4.69) is 20.8 Å². The lowest BCUT2D eigenvalue weighted by molar-refractivity contribution is -0.117. The van der Waals surface area contributed by atoms with Crippen LogP contribution in [0.4, 0.5) is 4.79 Å². The first kappa shape index (κ1) is 21.2. The van der Waals surface area contributed by atoms with Crippen LogP contribution in [0.3, 0.4) is 0 Å². The molecule has 1 fully saturated rings. The summed E-state index contributed by atoms with van der Waals surface area (Å²) in [4.78, 5) is 24.1. The molecule has 1 aliphatic carbocycles. The minimum Gasteiger partial charge on any atom is -0.497 e. The lowest BCUT2D eigenvalue weighted by atomic mass is 10.2. The van der Waals surface area contributed by atoms with Crippen molar-refractivity contribution in [1.29, 1.82) is 0 Å². The van der Waals surface area contributed by atoms with Crippen LogP contribution in [-0.2, 0) is 4.79 Å². The van der Waals surface area contributed by atoms with E-state index in [1.54, 1.807) is 7.11 Å². The molecule has 8 nitrogen and oxygen atoms in total. The smallest absolute Gasteiger partial charge is 0.321 e. The van der Waals surface area contributed by atoms with E-state index in [0.717, 1.165) is 42.8 Å². The van der Waals surface area contributed by atoms with Crippen LogP contribution in [0, 0.1) is 0 Å². The van der Waals surface area contributed by atoms with Crippen LogP contribution >= 0.6 is 11.8 Å². The Kier molecular flexibility index (Phi) is 7.13. The van der Waals surface area contributed by atoms with Gasteiger partial charge >= 0.3 is 6.03 Å². The van der Waals surface area contributed by atoms with E-state index in [0.29, 0.717) is 5.16 Å². The number of hydrogen-bond donors (Lipinski definition) is 2. The second-order valence-electron chi connectivity index (χ2n) is 7.29. The van der Waals surface area contributed by atoms with Crippen LogP contribution in [-0.4, -0.2) is 45.6 Å². The van der Waals surface area contributed by atoms with E-state index >= 15 is 0 Å². The van der Waals surface area contributed by atoms with E-state index in [-0.39, 0.29) is 23.7 Å². The van der Waals surface area contributed by atoms with Gasteiger partial charge in [-0.1, -0.05) is 24.6 Å². The van der Waals surface area contributed by atoms with Gasteiger partial charge in [0.15, 0.2) is 11.0 Å². The number of benzene rings is 1. The molecular formula is C20H27N5O3S. The number of methoxy groups -OCH3 is 1. The van der Waals surface area contributed by atoms with Crippen molar-refractivity contribution in [3.63, 3.8) is 0 Å². The standard InChI is InChI=1S/C20H27N5O3S/c1-13(2)25-18(14-8-10-16(28-3)11-9-14)23-24-20(25)29-12-17(26)22-19(27)21-15-6-4-5-7-15/h8-11,13,15H,4-7,12H2,1-3H3,(H2,21,22,26,27). The lowest BCUT2D eigenvalue weighted by Gasteiger charge is -2.14. The number of urea groups is 1. The van der Waals surface area contributed by atoms with Crippen molar-refractivity contribution in [2.75, 3.05) is 12.9 Å². The Morgan fingerprint density at radius 3 is 2.52 bits per heavy atom. The molecule has 1 saturated carbocycles. The third kappa shape index (κ3) is 5.50. The van der Waals surface area contributed by atoms with E-state index in [1.165, 1.54) is 11.8 Å². The molecule has 0 radical (unpaired) electrons. The second-order valence-corrected chi connectivity index (χ2v) is 8.23. The molecule has 2 N–H and O–H groups in total. The third-order valence-electron chi connectivity index (χ3n) is 4.80. The molecule has 1 aromatic carbocycles. The number of imide groups is 1. The summed E-state index contributed by atoms with van der Waals surface area (Å²) < 4.78 is 7.19. The quantitative estimate of drug-likeness (QED) is 0.670. The van der Waals surface area contributed by atoms with Crippen molar-refractivity contribution in [2.45, 2.75) is 56.8 Å². The van der Waals surface area contributed by atoms with Gasteiger partial charge in [0, 0.05) is 17.6 Å². The molecule has 0 atom stereocenters. The first-order valence-electron chi connectivity index (χ1n) is 9.80. The molecule has 0 spiro atoms. The second kappa shape index (κ2) is 9.78. The number of nitrogens with one attached hydrogen (secondary N) is 2. The third-order valence-corrected chi connectivity index (χ3v) is 5.75. The summed E-state index contributed by atoms with van der Waals surface area (Å²) in [6, 6.07) is 7.46. The number of amides is 3. The number of hydrogen-bond acceptors (Lipinski definition) is 6. The van der Waals surface area contributed by atoms with Crippen LogP contribution in [0.1, 0.15) is 45.6 Å². The van der Waals surface area contributed by atoms with Gasteiger partial charge in [-0.15, -0.1) is 10.2 Å². The summed E-state index contributed by atoms with van der Waals surface area (Å²) in [6.07, 6.45) is 4.19. The highest BCUT2D eigenvalue weighted by Gasteiger charge is 2.20. The van der Waals surface area contributed by atoms with Crippen molar-refractivity contribution in [3.05, 3.63) is 24.3 Å². The highest BCUT2D eigenvalue weighted by molar-refractivity contribution is 7.99. The summed E-state index contributed by atoms with van der Waals surface area (Å²) in [5.41, 5.74) is 0.916. The highest BCUT2D eigenvalue weighted by Crippen LogP contribution is 2.28. The summed E-state index contributed by atoms with van der Waals surface area (Å²) in [5, 5.41) is 14.4. The summed E-state index contributed by atoms with van der Waals surface area (Å²) in [6.45, 7) is 4.07. The topological polar surface area (TPSA) is 98.1 Å². The minimum atomic E-state index is -0.424. The van der Waals surface area contributed by atoms with E-state index in [9.17, 15) is 9.59 Å². The van der Waals surface area contributed by atoms with Gasteiger partial charge in [0.25, 0.3) is 0 Å². The molecule has 3 rings (SSSR count). The van der Waals surface area contributed by atoms with Gasteiger partial charge in [-0.2, -0.15) is 0 Å².